The maximum atomic E-state index is 12.1. The van der Waals surface area contributed by atoms with Crippen LogP contribution in [-0.2, 0) is 0 Å². The van der Waals surface area contributed by atoms with Crippen LogP contribution in [0, 0.1) is 0 Å². The summed E-state index contributed by atoms with van der Waals surface area (Å²) in [6, 6.07) is 6.99. The van der Waals surface area contributed by atoms with Crippen LogP contribution in [0.4, 0.5) is 0 Å². The highest BCUT2D eigenvalue weighted by atomic mass is 32.2. The summed E-state index contributed by atoms with van der Waals surface area (Å²) in [5.74, 6) is 0.156. The number of para-hydroxylation sites is 1. The van der Waals surface area contributed by atoms with Gasteiger partial charge in [0.05, 0.1) is 4.90 Å². The minimum atomic E-state index is -0.138. The Morgan fingerprint density at radius 1 is 1.33 bits per heavy atom. The molecule has 1 N–H and O–H groups in total. The third-order valence-electron chi connectivity index (χ3n) is 2.46. The van der Waals surface area contributed by atoms with Crippen molar-refractivity contribution in [2.75, 3.05) is 0 Å². The van der Waals surface area contributed by atoms with Gasteiger partial charge in [-0.2, -0.15) is 0 Å². The van der Waals surface area contributed by atoms with Gasteiger partial charge in [0.2, 0.25) is 0 Å². The average molecular weight is 262 g/mol. The molecule has 0 amide bonds. The summed E-state index contributed by atoms with van der Waals surface area (Å²) >= 11 is 1.18. The van der Waals surface area contributed by atoms with Gasteiger partial charge >= 0.3 is 0 Å². The van der Waals surface area contributed by atoms with Crippen LogP contribution in [-0.4, -0.2) is 14.7 Å². The zero-order valence-corrected chi connectivity index (χ0v) is 11.0. The van der Waals surface area contributed by atoms with E-state index in [1.807, 2.05) is 19.9 Å². The van der Waals surface area contributed by atoms with Crippen LogP contribution >= 0.6 is 11.8 Å². The predicted octanol–water partition coefficient (Wildman–Crippen LogP) is 2.68. The Bertz CT molecular complexity index is 608. The van der Waals surface area contributed by atoms with Crippen LogP contribution < -0.4 is 5.56 Å². The largest absolute Gasteiger partial charge is 0.507 e. The molecule has 0 fully saturated rings. The quantitative estimate of drug-likeness (QED) is 0.924. The van der Waals surface area contributed by atoms with E-state index in [4.69, 9.17) is 0 Å². The second-order valence-corrected chi connectivity index (χ2v) is 5.14. The topological polar surface area (TPSA) is 55.1 Å². The summed E-state index contributed by atoms with van der Waals surface area (Å²) in [5.41, 5.74) is -0.138. The lowest BCUT2D eigenvalue weighted by Crippen LogP contribution is -2.23. The molecular weight excluding hydrogens is 248 g/mol. The van der Waals surface area contributed by atoms with Crippen molar-refractivity contribution in [3.8, 4) is 5.75 Å². The molecule has 0 saturated heterocycles. The van der Waals surface area contributed by atoms with Crippen LogP contribution in [0.25, 0.3) is 0 Å². The van der Waals surface area contributed by atoms with E-state index >= 15 is 0 Å². The average Bonchev–Trinajstić information content (AvgIpc) is 2.34. The fraction of sp³-hybridized carbons (Fsp3) is 0.231. The second kappa shape index (κ2) is 5.27. The highest BCUT2D eigenvalue weighted by molar-refractivity contribution is 7.99. The summed E-state index contributed by atoms with van der Waals surface area (Å²) in [6.45, 7) is 3.88. The van der Waals surface area contributed by atoms with Gasteiger partial charge in [-0.1, -0.05) is 23.9 Å². The first-order chi connectivity index (χ1) is 8.59. The van der Waals surface area contributed by atoms with Gasteiger partial charge in [0.25, 0.3) is 5.56 Å². The van der Waals surface area contributed by atoms with Gasteiger partial charge < -0.3 is 9.67 Å². The van der Waals surface area contributed by atoms with Crippen molar-refractivity contribution in [1.29, 1.82) is 0 Å². The minimum Gasteiger partial charge on any atom is -0.507 e. The molecular formula is C13H14N2O2S. The van der Waals surface area contributed by atoms with E-state index in [-0.39, 0.29) is 17.4 Å². The molecule has 0 spiro atoms. The molecule has 4 nitrogen and oxygen atoms in total. The normalized spacial score (nSPS) is 10.8. The smallest absolute Gasteiger partial charge is 0.283 e. The maximum absolute atomic E-state index is 12.1. The van der Waals surface area contributed by atoms with Crippen LogP contribution in [0.15, 0.2) is 51.4 Å². The van der Waals surface area contributed by atoms with Crippen LogP contribution in [0.3, 0.4) is 0 Å². The first-order valence-corrected chi connectivity index (χ1v) is 6.44. The van der Waals surface area contributed by atoms with Crippen molar-refractivity contribution >= 4 is 11.8 Å². The molecule has 1 aromatic heterocycles. The predicted molar refractivity (Wildman–Crippen MR) is 71.1 cm³/mol. The van der Waals surface area contributed by atoms with E-state index in [1.165, 1.54) is 11.8 Å². The lowest BCUT2D eigenvalue weighted by atomic mass is 10.3. The van der Waals surface area contributed by atoms with E-state index in [9.17, 15) is 9.90 Å². The number of aromatic hydroxyl groups is 1. The molecule has 0 aliphatic rings. The summed E-state index contributed by atoms with van der Waals surface area (Å²) in [5, 5.41) is 10.1. The van der Waals surface area contributed by atoms with Gasteiger partial charge in [-0.3, -0.25) is 4.79 Å². The Hall–Kier alpha value is -1.75. The van der Waals surface area contributed by atoms with Crippen LogP contribution in [0.5, 0.6) is 5.75 Å². The summed E-state index contributed by atoms with van der Waals surface area (Å²) < 4.78 is 1.62. The van der Waals surface area contributed by atoms with Gasteiger partial charge in [0.1, 0.15) is 5.75 Å². The maximum Gasteiger partial charge on any atom is 0.283 e. The number of aromatic nitrogens is 2. The number of hydrogen-bond donors (Lipinski definition) is 1. The molecule has 94 valence electrons. The van der Waals surface area contributed by atoms with E-state index < -0.39 is 0 Å². The molecule has 0 saturated carbocycles. The molecule has 2 rings (SSSR count). The SMILES string of the molecule is CC(C)n1ccnc(Sc2ccccc2O)c1=O. The van der Waals surface area contributed by atoms with E-state index in [2.05, 4.69) is 4.98 Å². The summed E-state index contributed by atoms with van der Waals surface area (Å²) in [4.78, 5) is 16.8. The monoisotopic (exact) mass is 262 g/mol. The van der Waals surface area contributed by atoms with Crippen LogP contribution in [0.1, 0.15) is 19.9 Å². The Labute approximate surface area is 109 Å². The highest BCUT2D eigenvalue weighted by Crippen LogP contribution is 2.31. The number of benzene rings is 1. The molecule has 0 unspecified atom stereocenters. The van der Waals surface area contributed by atoms with Gasteiger partial charge in [0.15, 0.2) is 5.03 Å². The van der Waals surface area contributed by atoms with Gasteiger partial charge in [-0.15, -0.1) is 0 Å². The third-order valence-corrected chi connectivity index (χ3v) is 3.50. The van der Waals surface area contributed by atoms with Crippen molar-refractivity contribution < 1.29 is 5.11 Å². The molecule has 0 radical (unpaired) electrons. The molecule has 18 heavy (non-hydrogen) atoms. The lowest BCUT2D eigenvalue weighted by Gasteiger charge is -2.10. The highest BCUT2D eigenvalue weighted by Gasteiger charge is 2.10. The van der Waals surface area contributed by atoms with E-state index in [0.717, 1.165) is 0 Å². The fourth-order valence-electron chi connectivity index (χ4n) is 1.53. The van der Waals surface area contributed by atoms with E-state index in [1.54, 1.807) is 35.2 Å². The second-order valence-electron chi connectivity index (χ2n) is 4.11. The minimum absolute atomic E-state index is 0.0872. The number of hydrogen-bond acceptors (Lipinski definition) is 4. The van der Waals surface area contributed by atoms with Gasteiger partial charge in [-0.05, 0) is 26.0 Å². The standard InChI is InChI=1S/C13H14N2O2S/c1-9(2)15-8-7-14-12(13(15)17)18-11-6-4-3-5-10(11)16/h3-9,16H,1-2H3. The Kier molecular flexibility index (Phi) is 3.72. The first kappa shape index (κ1) is 12.7. The summed E-state index contributed by atoms with van der Waals surface area (Å²) in [7, 11) is 0. The molecule has 2 aromatic rings. The Morgan fingerprint density at radius 2 is 2.06 bits per heavy atom. The summed E-state index contributed by atoms with van der Waals surface area (Å²) in [6.07, 6.45) is 3.27. The van der Waals surface area contributed by atoms with Crippen molar-refractivity contribution in [2.45, 2.75) is 29.8 Å². The van der Waals surface area contributed by atoms with Crippen LogP contribution in [0.2, 0.25) is 0 Å². The van der Waals surface area contributed by atoms with E-state index in [0.29, 0.717) is 9.92 Å². The lowest BCUT2D eigenvalue weighted by molar-refractivity contribution is 0.462. The fourth-order valence-corrected chi connectivity index (χ4v) is 2.36. The Balaban J connectivity index is 2.39. The molecule has 0 bridgehead atoms. The first-order valence-electron chi connectivity index (χ1n) is 5.62. The number of phenolic OH excluding ortho intramolecular Hbond substituents is 1. The molecule has 1 heterocycles. The molecule has 0 aliphatic heterocycles. The number of rotatable bonds is 3. The number of nitrogens with zero attached hydrogens (tertiary/aromatic N) is 2. The zero-order valence-electron chi connectivity index (χ0n) is 10.2. The van der Waals surface area contributed by atoms with Gasteiger partial charge in [0, 0.05) is 18.4 Å². The van der Waals surface area contributed by atoms with Crippen molar-refractivity contribution in [2.24, 2.45) is 0 Å². The molecule has 0 atom stereocenters. The van der Waals surface area contributed by atoms with Gasteiger partial charge in [-0.25, -0.2) is 4.98 Å². The van der Waals surface area contributed by atoms with Crippen molar-refractivity contribution in [3.05, 3.63) is 47.0 Å². The third kappa shape index (κ3) is 2.56. The van der Waals surface area contributed by atoms with Crippen molar-refractivity contribution in [3.63, 3.8) is 0 Å². The number of phenols is 1. The Morgan fingerprint density at radius 3 is 2.72 bits per heavy atom. The molecule has 0 aliphatic carbocycles. The van der Waals surface area contributed by atoms with Crippen molar-refractivity contribution in [1.82, 2.24) is 9.55 Å². The zero-order chi connectivity index (χ0) is 13.1. The molecule has 1 aromatic carbocycles. The molecule has 5 heteroatoms.